The highest BCUT2D eigenvalue weighted by atomic mass is 79.9. The smallest absolute Gasteiger partial charge is 0.140 e. The Hall–Kier alpha value is -0.610. The summed E-state index contributed by atoms with van der Waals surface area (Å²) in [7, 11) is 0. The summed E-state index contributed by atoms with van der Waals surface area (Å²) in [5.74, 6) is 0.839. The molecule has 0 spiro atoms. The molecular formula is C10H15BrN2O. The minimum atomic E-state index is 0.192. The predicted octanol–water partition coefficient (Wildman–Crippen LogP) is 2.34. The highest BCUT2D eigenvalue weighted by molar-refractivity contribution is 9.10. The third kappa shape index (κ3) is 2.96. The van der Waals surface area contributed by atoms with Crippen molar-refractivity contribution in [3.05, 3.63) is 22.3 Å². The molecule has 0 bridgehead atoms. The average molecular weight is 259 g/mol. The second kappa shape index (κ2) is 5.32. The molecule has 1 unspecified atom stereocenters. The topological polar surface area (TPSA) is 45.2 Å². The molecule has 0 radical (unpaired) electrons. The number of rotatable bonds is 4. The number of aromatic nitrogens is 1. The third-order valence-electron chi connectivity index (χ3n) is 2.03. The second-order valence-corrected chi connectivity index (χ2v) is 4.14. The number of hydrogen-bond donors (Lipinski definition) is 2. The van der Waals surface area contributed by atoms with Crippen molar-refractivity contribution >= 4 is 21.7 Å². The van der Waals surface area contributed by atoms with Crippen molar-refractivity contribution in [1.29, 1.82) is 0 Å². The first-order valence-corrected chi connectivity index (χ1v) is 5.43. The molecule has 3 nitrogen and oxygen atoms in total. The molecule has 14 heavy (non-hydrogen) atoms. The molecule has 0 aliphatic carbocycles. The van der Waals surface area contributed by atoms with Gasteiger partial charge in [0.15, 0.2) is 0 Å². The van der Waals surface area contributed by atoms with E-state index in [-0.39, 0.29) is 12.6 Å². The van der Waals surface area contributed by atoms with Gasteiger partial charge in [-0.05, 0) is 47.8 Å². The summed E-state index contributed by atoms with van der Waals surface area (Å²) in [6.45, 7) is 4.23. The van der Waals surface area contributed by atoms with Crippen LogP contribution in [0.4, 0.5) is 5.82 Å². The summed E-state index contributed by atoms with van der Waals surface area (Å²) >= 11 is 3.47. The fourth-order valence-electron chi connectivity index (χ4n) is 1.14. The molecule has 0 saturated heterocycles. The fraction of sp³-hybridized carbons (Fsp3) is 0.500. The number of halogens is 1. The van der Waals surface area contributed by atoms with Gasteiger partial charge in [-0.3, -0.25) is 0 Å². The summed E-state index contributed by atoms with van der Waals surface area (Å²) in [4.78, 5) is 4.22. The van der Waals surface area contributed by atoms with Gasteiger partial charge in [-0.15, -0.1) is 0 Å². The zero-order valence-electron chi connectivity index (χ0n) is 8.42. The molecule has 0 amide bonds. The van der Waals surface area contributed by atoms with Crippen LogP contribution < -0.4 is 5.32 Å². The third-order valence-corrected chi connectivity index (χ3v) is 3.03. The van der Waals surface area contributed by atoms with Crippen LogP contribution in [0.5, 0.6) is 0 Å². The normalized spacial score (nSPS) is 12.6. The molecule has 0 fully saturated rings. The molecule has 0 aliphatic heterocycles. The highest BCUT2D eigenvalue weighted by Crippen LogP contribution is 2.23. The molecule has 1 rings (SSSR count). The Labute approximate surface area is 92.7 Å². The monoisotopic (exact) mass is 258 g/mol. The lowest BCUT2D eigenvalue weighted by atomic mass is 10.2. The van der Waals surface area contributed by atoms with E-state index in [1.807, 2.05) is 19.9 Å². The molecule has 0 aliphatic rings. The van der Waals surface area contributed by atoms with E-state index in [0.29, 0.717) is 0 Å². The van der Waals surface area contributed by atoms with Gasteiger partial charge in [-0.2, -0.15) is 0 Å². The van der Waals surface area contributed by atoms with Gasteiger partial charge in [0.2, 0.25) is 0 Å². The molecule has 0 aromatic carbocycles. The number of aliphatic hydroxyl groups is 1. The Bertz CT molecular complexity index is 304. The first-order valence-electron chi connectivity index (χ1n) is 4.63. The van der Waals surface area contributed by atoms with Crippen molar-refractivity contribution in [3.63, 3.8) is 0 Å². The fourth-order valence-corrected chi connectivity index (χ4v) is 1.49. The SMILES string of the molecule is Cc1ccnc(NC(C)CCO)c1Br. The van der Waals surface area contributed by atoms with Crippen molar-refractivity contribution in [2.75, 3.05) is 11.9 Å². The maximum Gasteiger partial charge on any atom is 0.140 e. The summed E-state index contributed by atoms with van der Waals surface area (Å²) in [6.07, 6.45) is 2.50. The molecular weight excluding hydrogens is 244 g/mol. The van der Waals surface area contributed by atoms with Crippen molar-refractivity contribution < 1.29 is 5.11 Å². The van der Waals surface area contributed by atoms with E-state index in [1.54, 1.807) is 6.20 Å². The van der Waals surface area contributed by atoms with Crippen molar-refractivity contribution in [2.24, 2.45) is 0 Å². The quantitative estimate of drug-likeness (QED) is 0.872. The highest BCUT2D eigenvalue weighted by Gasteiger charge is 2.06. The van der Waals surface area contributed by atoms with Crippen molar-refractivity contribution in [2.45, 2.75) is 26.3 Å². The van der Waals surface area contributed by atoms with E-state index in [9.17, 15) is 0 Å². The lowest BCUT2D eigenvalue weighted by Gasteiger charge is -2.14. The van der Waals surface area contributed by atoms with Crippen LogP contribution in [-0.4, -0.2) is 22.7 Å². The van der Waals surface area contributed by atoms with Gasteiger partial charge in [-0.1, -0.05) is 0 Å². The average Bonchev–Trinajstić information content (AvgIpc) is 2.13. The molecule has 4 heteroatoms. The van der Waals surface area contributed by atoms with E-state index in [4.69, 9.17) is 5.11 Å². The van der Waals surface area contributed by atoms with Gasteiger partial charge in [-0.25, -0.2) is 4.98 Å². The van der Waals surface area contributed by atoms with Gasteiger partial charge in [0, 0.05) is 18.8 Å². The second-order valence-electron chi connectivity index (χ2n) is 3.35. The van der Waals surface area contributed by atoms with E-state index in [2.05, 4.69) is 26.2 Å². The lowest BCUT2D eigenvalue weighted by molar-refractivity contribution is 0.282. The predicted molar refractivity (Wildman–Crippen MR) is 61.5 cm³/mol. The van der Waals surface area contributed by atoms with Crippen molar-refractivity contribution in [1.82, 2.24) is 4.98 Å². The number of nitrogens with zero attached hydrogens (tertiary/aromatic N) is 1. The van der Waals surface area contributed by atoms with Crippen LogP contribution in [0.15, 0.2) is 16.7 Å². The summed E-state index contributed by atoms with van der Waals surface area (Å²) in [5.41, 5.74) is 1.15. The van der Waals surface area contributed by atoms with Gasteiger partial charge >= 0.3 is 0 Å². The number of nitrogens with one attached hydrogen (secondary N) is 1. The Morgan fingerprint density at radius 3 is 3.00 bits per heavy atom. The zero-order chi connectivity index (χ0) is 10.6. The summed E-state index contributed by atoms with van der Waals surface area (Å²) in [6, 6.07) is 2.18. The summed E-state index contributed by atoms with van der Waals surface area (Å²) in [5, 5.41) is 12.0. The Morgan fingerprint density at radius 2 is 2.36 bits per heavy atom. The van der Waals surface area contributed by atoms with Crippen LogP contribution in [0.1, 0.15) is 18.9 Å². The number of aliphatic hydroxyl groups excluding tert-OH is 1. The number of hydrogen-bond acceptors (Lipinski definition) is 3. The molecule has 1 heterocycles. The Balaban J connectivity index is 2.71. The van der Waals surface area contributed by atoms with E-state index >= 15 is 0 Å². The van der Waals surface area contributed by atoms with E-state index in [0.717, 1.165) is 22.3 Å². The van der Waals surface area contributed by atoms with Crippen LogP contribution in [0, 0.1) is 6.92 Å². The standard InChI is InChI=1S/C10H15BrN2O/c1-7-3-5-12-10(9(7)11)13-8(2)4-6-14/h3,5,8,14H,4,6H2,1-2H3,(H,12,13). The molecule has 78 valence electrons. The molecule has 1 atom stereocenters. The van der Waals surface area contributed by atoms with Gasteiger partial charge in [0.1, 0.15) is 5.82 Å². The molecule has 2 N–H and O–H groups in total. The van der Waals surface area contributed by atoms with E-state index in [1.165, 1.54) is 0 Å². The zero-order valence-corrected chi connectivity index (χ0v) is 10.0. The number of pyridine rings is 1. The molecule has 1 aromatic rings. The first kappa shape index (κ1) is 11.5. The van der Waals surface area contributed by atoms with Gasteiger partial charge < -0.3 is 10.4 Å². The van der Waals surface area contributed by atoms with Gasteiger partial charge in [0.05, 0.1) is 4.47 Å². The largest absolute Gasteiger partial charge is 0.396 e. The van der Waals surface area contributed by atoms with Gasteiger partial charge in [0.25, 0.3) is 0 Å². The Kier molecular flexibility index (Phi) is 4.35. The molecule has 0 saturated carbocycles. The lowest BCUT2D eigenvalue weighted by Crippen LogP contribution is -2.17. The maximum atomic E-state index is 8.77. The minimum absolute atomic E-state index is 0.192. The summed E-state index contributed by atoms with van der Waals surface area (Å²) < 4.78 is 0.991. The molecule has 1 aromatic heterocycles. The van der Waals surface area contributed by atoms with Crippen LogP contribution in [0.3, 0.4) is 0 Å². The van der Waals surface area contributed by atoms with Crippen LogP contribution >= 0.6 is 15.9 Å². The number of aryl methyl sites for hydroxylation is 1. The van der Waals surface area contributed by atoms with Crippen LogP contribution in [-0.2, 0) is 0 Å². The van der Waals surface area contributed by atoms with Crippen LogP contribution in [0.2, 0.25) is 0 Å². The van der Waals surface area contributed by atoms with E-state index < -0.39 is 0 Å². The first-order chi connectivity index (χ1) is 6.65. The Morgan fingerprint density at radius 1 is 1.64 bits per heavy atom. The van der Waals surface area contributed by atoms with Crippen molar-refractivity contribution in [3.8, 4) is 0 Å². The minimum Gasteiger partial charge on any atom is -0.396 e. The van der Waals surface area contributed by atoms with Crippen LogP contribution in [0.25, 0.3) is 0 Å². The number of anilines is 1. The maximum absolute atomic E-state index is 8.77.